The van der Waals surface area contributed by atoms with Gasteiger partial charge in [-0.2, -0.15) is 0 Å². The van der Waals surface area contributed by atoms with Crippen molar-refractivity contribution in [1.82, 2.24) is 10.3 Å². The van der Waals surface area contributed by atoms with E-state index in [4.69, 9.17) is 4.74 Å². The largest absolute Gasteiger partial charge is 0.481 e. The maximum Gasteiger partial charge on any atom is 0.260 e. The van der Waals surface area contributed by atoms with E-state index in [9.17, 15) is 4.79 Å². The van der Waals surface area contributed by atoms with Gasteiger partial charge in [0.15, 0.2) is 6.10 Å². The molecule has 4 nitrogen and oxygen atoms in total. The normalized spacial score (nSPS) is 12.0. The minimum Gasteiger partial charge on any atom is -0.481 e. The van der Waals surface area contributed by atoms with Crippen molar-refractivity contribution in [3.05, 3.63) is 45.4 Å². The van der Waals surface area contributed by atoms with Gasteiger partial charge in [-0.15, -0.1) is 11.3 Å². The monoisotopic (exact) mass is 318 g/mol. The molecule has 5 heteroatoms. The second kappa shape index (κ2) is 7.40. The summed E-state index contributed by atoms with van der Waals surface area (Å²) in [4.78, 5) is 16.4. The molecule has 0 radical (unpaired) electrons. The topological polar surface area (TPSA) is 51.2 Å². The van der Waals surface area contributed by atoms with Crippen LogP contribution in [0.4, 0.5) is 0 Å². The van der Waals surface area contributed by atoms with Crippen molar-refractivity contribution in [1.29, 1.82) is 0 Å². The predicted molar refractivity (Wildman–Crippen MR) is 89.6 cm³/mol. The van der Waals surface area contributed by atoms with Gasteiger partial charge in [-0.25, -0.2) is 4.98 Å². The lowest BCUT2D eigenvalue weighted by Crippen LogP contribution is -2.37. The van der Waals surface area contributed by atoms with E-state index in [0.717, 1.165) is 34.0 Å². The average molecular weight is 318 g/mol. The molecular formula is C17H22N2O2S. The Bertz CT molecular complexity index is 632. The number of carbonyl (C=O) groups is 1. The standard InChI is InChI=1S/C17H22N2O2S/c1-11-7-12(2)9-16(8-11)21-13(3)17(20)18-6-5-15-10-22-14(4)19-15/h7-10,13H,5-6H2,1-4H3,(H,18,20). The van der Waals surface area contributed by atoms with Crippen LogP contribution in [0.15, 0.2) is 23.6 Å². The van der Waals surface area contributed by atoms with Crippen LogP contribution in [0.5, 0.6) is 5.75 Å². The number of aromatic nitrogens is 1. The zero-order valence-electron chi connectivity index (χ0n) is 13.5. The quantitative estimate of drug-likeness (QED) is 0.890. The smallest absolute Gasteiger partial charge is 0.260 e. The molecule has 0 saturated heterocycles. The molecule has 1 aromatic heterocycles. The number of amides is 1. The number of nitrogens with zero attached hydrogens (tertiary/aromatic N) is 1. The van der Waals surface area contributed by atoms with Gasteiger partial charge in [-0.1, -0.05) is 6.07 Å². The molecule has 1 aromatic carbocycles. The first-order valence-electron chi connectivity index (χ1n) is 7.37. The van der Waals surface area contributed by atoms with Crippen molar-refractivity contribution in [3.63, 3.8) is 0 Å². The highest BCUT2D eigenvalue weighted by atomic mass is 32.1. The molecule has 0 spiro atoms. The van der Waals surface area contributed by atoms with Gasteiger partial charge in [0.1, 0.15) is 5.75 Å². The SMILES string of the molecule is Cc1cc(C)cc(OC(C)C(=O)NCCc2csc(C)n2)c1. The summed E-state index contributed by atoms with van der Waals surface area (Å²) in [5.74, 6) is 0.626. The van der Waals surface area contributed by atoms with E-state index < -0.39 is 6.10 Å². The maximum absolute atomic E-state index is 12.1. The Labute approximate surface area is 135 Å². The summed E-state index contributed by atoms with van der Waals surface area (Å²) in [5, 5.41) is 5.96. The first-order chi connectivity index (χ1) is 10.4. The predicted octanol–water partition coefficient (Wildman–Crippen LogP) is 3.19. The van der Waals surface area contributed by atoms with Crippen LogP contribution in [-0.2, 0) is 11.2 Å². The number of rotatable bonds is 6. The lowest BCUT2D eigenvalue weighted by molar-refractivity contribution is -0.127. The Hall–Kier alpha value is -1.88. The van der Waals surface area contributed by atoms with Crippen LogP contribution in [-0.4, -0.2) is 23.5 Å². The van der Waals surface area contributed by atoms with Crippen LogP contribution in [0, 0.1) is 20.8 Å². The third-order valence-corrected chi connectivity index (χ3v) is 4.05. The summed E-state index contributed by atoms with van der Waals surface area (Å²) in [6.07, 6.45) is 0.227. The molecule has 0 saturated carbocycles. The van der Waals surface area contributed by atoms with Crippen molar-refractivity contribution >= 4 is 17.2 Å². The Morgan fingerprint density at radius 3 is 2.55 bits per heavy atom. The highest BCUT2D eigenvalue weighted by molar-refractivity contribution is 7.09. The number of ether oxygens (including phenoxy) is 1. The van der Waals surface area contributed by atoms with Crippen molar-refractivity contribution in [2.75, 3.05) is 6.54 Å². The van der Waals surface area contributed by atoms with Gasteiger partial charge in [0.05, 0.1) is 10.7 Å². The number of benzene rings is 1. The minimum absolute atomic E-state index is 0.105. The summed E-state index contributed by atoms with van der Waals surface area (Å²) in [6, 6.07) is 5.96. The van der Waals surface area contributed by atoms with Crippen LogP contribution in [0.2, 0.25) is 0 Å². The van der Waals surface area contributed by atoms with Gasteiger partial charge in [0, 0.05) is 18.3 Å². The van der Waals surface area contributed by atoms with Crippen LogP contribution in [0.3, 0.4) is 0 Å². The molecule has 1 atom stereocenters. The van der Waals surface area contributed by atoms with Crippen molar-refractivity contribution < 1.29 is 9.53 Å². The van der Waals surface area contributed by atoms with Gasteiger partial charge in [-0.05, 0) is 51.0 Å². The molecule has 1 amide bonds. The molecule has 0 aliphatic carbocycles. The van der Waals surface area contributed by atoms with E-state index in [-0.39, 0.29) is 5.91 Å². The number of carbonyl (C=O) groups excluding carboxylic acids is 1. The van der Waals surface area contributed by atoms with Crippen LogP contribution in [0.1, 0.15) is 28.8 Å². The number of nitrogens with one attached hydrogen (secondary N) is 1. The van der Waals surface area contributed by atoms with Gasteiger partial charge < -0.3 is 10.1 Å². The fourth-order valence-corrected chi connectivity index (χ4v) is 2.89. The zero-order valence-corrected chi connectivity index (χ0v) is 14.3. The molecule has 1 unspecified atom stereocenters. The third kappa shape index (κ3) is 4.84. The fourth-order valence-electron chi connectivity index (χ4n) is 2.24. The number of hydrogen-bond acceptors (Lipinski definition) is 4. The number of hydrogen-bond donors (Lipinski definition) is 1. The number of thiazole rings is 1. The Morgan fingerprint density at radius 2 is 1.95 bits per heavy atom. The lowest BCUT2D eigenvalue weighted by Gasteiger charge is -2.15. The molecule has 118 valence electrons. The van der Waals surface area contributed by atoms with Crippen molar-refractivity contribution in [2.45, 2.75) is 40.2 Å². The first kappa shape index (κ1) is 16.5. The second-order valence-electron chi connectivity index (χ2n) is 5.48. The van der Waals surface area contributed by atoms with Crippen molar-refractivity contribution in [2.24, 2.45) is 0 Å². The van der Waals surface area contributed by atoms with E-state index >= 15 is 0 Å². The van der Waals surface area contributed by atoms with Gasteiger partial charge in [0.25, 0.3) is 5.91 Å². The highest BCUT2D eigenvalue weighted by Gasteiger charge is 2.14. The Kier molecular flexibility index (Phi) is 5.55. The van der Waals surface area contributed by atoms with E-state index in [1.807, 2.05) is 38.3 Å². The molecule has 0 aliphatic heterocycles. The second-order valence-corrected chi connectivity index (χ2v) is 6.54. The van der Waals surface area contributed by atoms with Crippen LogP contribution in [0.25, 0.3) is 0 Å². The molecule has 2 aromatic rings. The molecule has 0 bridgehead atoms. The zero-order chi connectivity index (χ0) is 16.1. The summed E-state index contributed by atoms with van der Waals surface area (Å²) in [5.41, 5.74) is 3.27. The Balaban J connectivity index is 1.81. The van der Waals surface area contributed by atoms with Crippen LogP contribution >= 0.6 is 11.3 Å². The van der Waals surface area contributed by atoms with Gasteiger partial charge >= 0.3 is 0 Å². The molecule has 22 heavy (non-hydrogen) atoms. The molecule has 0 aliphatic rings. The summed E-state index contributed by atoms with van der Waals surface area (Å²) < 4.78 is 5.72. The molecule has 2 rings (SSSR count). The van der Waals surface area contributed by atoms with Crippen LogP contribution < -0.4 is 10.1 Å². The van der Waals surface area contributed by atoms with Gasteiger partial charge in [0.2, 0.25) is 0 Å². The average Bonchev–Trinajstić information content (AvgIpc) is 2.83. The van der Waals surface area contributed by atoms with E-state index in [0.29, 0.717) is 6.54 Å². The number of aryl methyl sites for hydroxylation is 3. The van der Waals surface area contributed by atoms with Gasteiger partial charge in [-0.3, -0.25) is 4.79 Å². The Morgan fingerprint density at radius 1 is 1.27 bits per heavy atom. The highest BCUT2D eigenvalue weighted by Crippen LogP contribution is 2.17. The van der Waals surface area contributed by atoms with E-state index in [1.165, 1.54) is 0 Å². The minimum atomic E-state index is -0.515. The summed E-state index contributed by atoms with van der Waals surface area (Å²) >= 11 is 1.63. The molecule has 1 N–H and O–H groups in total. The molecular weight excluding hydrogens is 296 g/mol. The van der Waals surface area contributed by atoms with E-state index in [2.05, 4.69) is 16.4 Å². The van der Waals surface area contributed by atoms with E-state index in [1.54, 1.807) is 18.3 Å². The molecule has 0 fully saturated rings. The summed E-state index contributed by atoms with van der Waals surface area (Å²) in [7, 11) is 0. The summed E-state index contributed by atoms with van der Waals surface area (Å²) in [6.45, 7) is 8.34. The third-order valence-electron chi connectivity index (χ3n) is 3.22. The fraction of sp³-hybridized carbons (Fsp3) is 0.412. The molecule has 1 heterocycles. The first-order valence-corrected chi connectivity index (χ1v) is 8.25. The maximum atomic E-state index is 12.1. The van der Waals surface area contributed by atoms with Crippen molar-refractivity contribution in [3.8, 4) is 5.75 Å². The lowest BCUT2D eigenvalue weighted by atomic mass is 10.1.